The van der Waals surface area contributed by atoms with Gasteiger partial charge in [-0.2, -0.15) is 0 Å². The molecule has 1 heterocycles. The van der Waals surface area contributed by atoms with Crippen LogP contribution < -0.4 is 0 Å². The van der Waals surface area contributed by atoms with Crippen LogP contribution in [0.3, 0.4) is 0 Å². The molecule has 110 valence electrons. The summed E-state index contributed by atoms with van der Waals surface area (Å²) in [5.41, 5.74) is 0.00520. The Morgan fingerprint density at radius 3 is 2.60 bits per heavy atom. The molecule has 1 aromatic rings. The lowest BCUT2D eigenvalue weighted by molar-refractivity contribution is 0.0696. The molecule has 1 aliphatic heterocycles. The van der Waals surface area contributed by atoms with E-state index in [1.165, 1.54) is 37.1 Å². The van der Waals surface area contributed by atoms with E-state index in [-0.39, 0.29) is 16.2 Å². The maximum Gasteiger partial charge on any atom is 0.335 e. The van der Waals surface area contributed by atoms with Gasteiger partial charge < -0.3 is 10.0 Å². The average Bonchev–Trinajstić information content (AvgIpc) is 2.92. The van der Waals surface area contributed by atoms with Crippen LogP contribution in [0.1, 0.15) is 29.6 Å². The average molecular weight is 297 g/mol. The molecule has 6 heteroatoms. The fourth-order valence-electron chi connectivity index (χ4n) is 2.42. The fourth-order valence-corrected chi connectivity index (χ4v) is 3.76. The van der Waals surface area contributed by atoms with Gasteiger partial charge in [0.25, 0.3) is 0 Å². The van der Waals surface area contributed by atoms with Crippen LogP contribution in [0.2, 0.25) is 0 Å². The Labute approximate surface area is 119 Å². The molecule has 0 radical (unpaired) electrons. The van der Waals surface area contributed by atoms with Crippen molar-refractivity contribution >= 4 is 15.8 Å². The summed E-state index contributed by atoms with van der Waals surface area (Å²) in [5, 5.41) is 8.89. The predicted octanol–water partition coefficient (Wildman–Crippen LogP) is 1.64. The van der Waals surface area contributed by atoms with Gasteiger partial charge in [-0.3, -0.25) is 0 Å². The van der Waals surface area contributed by atoms with Crippen LogP contribution in [-0.2, 0) is 9.84 Å². The minimum absolute atomic E-state index is 0.00520. The Hall–Kier alpha value is -1.40. The molecule has 0 bridgehead atoms. The second-order valence-corrected chi connectivity index (χ2v) is 7.16. The number of aromatic carboxylic acids is 1. The van der Waals surface area contributed by atoms with E-state index in [0.29, 0.717) is 6.42 Å². The highest BCUT2D eigenvalue weighted by Crippen LogP contribution is 2.15. The van der Waals surface area contributed by atoms with Gasteiger partial charge >= 0.3 is 5.97 Å². The van der Waals surface area contributed by atoms with E-state index in [1.807, 2.05) is 0 Å². The zero-order valence-corrected chi connectivity index (χ0v) is 12.1. The fraction of sp³-hybridized carbons (Fsp3) is 0.500. The van der Waals surface area contributed by atoms with Gasteiger partial charge in [-0.15, -0.1) is 0 Å². The standard InChI is InChI=1S/C14H19NO4S/c16-14(17)12-5-3-6-13(11-12)20(18,19)10-4-9-15-7-1-2-8-15/h3,5-6,11H,1-2,4,7-10H2,(H,16,17). The SMILES string of the molecule is O=C(O)c1cccc(S(=O)(=O)CCCN2CCCC2)c1. The smallest absolute Gasteiger partial charge is 0.335 e. The van der Waals surface area contributed by atoms with Crippen molar-refractivity contribution < 1.29 is 18.3 Å². The molecule has 0 aliphatic carbocycles. The topological polar surface area (TPSA) is 74.7 Å². The molecule has 0 amide bonds. The lowest BCUT2D eigenvalue weighted by Crippen LogP contribution is -2.22. The highest BCUT2D eigenvalue weighted by molar-refractivity contribution is 7.91. The summed E-state index contributed by atoms with van der Waals surface area (Å²) in [6.45, 7) is 2.89. The molecular formula is C14H19NO4S. The predicted molar refractivity (Wildman–Crippen MR) is 75.7 cm³/mol. The van der Waals surface area contributed by atoms with Gasteiger partial charge in [-0.05, 0) is 57.1 Å². The summed E-state index contributed by atoms with van der Waals surface area (Å²) in [6, 6.07) is 5.55. The molecule has 0 spiro atoms. The lowest BCUT2D eigenvalue weighted by Gasteiger charge is -2.14. The molecule has 0 saturated carbocycles. The van der Waals surface area contributed by atoms with E-state index >= 15 is 0 Å². The number of carboxylic acids is 1. The van der Waals surface area contributed by atoms with Gasteiger partial charge in [-0.25, -0.2) is 13.2 Å². The van der Waals surface area contributed by atoms with Crippen molar-refractivity contribution in [1.82, 2.24) is 4.90 Å². The molecule has 1 fully saturated rings. The Morgan fingerprint density at radius 1 is 1.25 bits per heavy atom. The van der Waals surface area contributed by atoms with E-state index in [0.717, 1.165) is 19.6 Å². The first-order valence-corrected chi connectivity index (χ1v) is 8.43. The summed E-state index contributed by atoms with van der Waals surface area (Å²) in [6.07, 6.45) is 2.96. The highest BCUT2D eigenvalue weighted by atomic mass is 32.2. The number of hydrogen-bond acceptors (Lipinski definition) is 4. The molecule has 0 aromatic heterocycles. The van der Waals surface area contributed by atoms with Crippen molar-refractivity contribution in [3.05, 3.63) is 29.8 Å². The summed E-state index contributed by atoms with van der Waals surface area (Å²) in [5.74, 6) is -1.05. The Bertz CT molecular complexity index is 577. The number of likely N-dealkylation sites (tertiary alicyclic amines) is 1. The van der Waals surface area contributed by atoms with E-state index in [9.17, 15) is 13.2 Å². The second-order valence-electron chi connectivity index (χ2n) is 5.05. The number of nitrogens with zero attached hydrogens (tertiary/aromatic N) is 1. The van der Waals surface area contributed by atoms with Gasteiger partial charge in [-0.1, -0.05) is 6.07 Å². The number of carbonyl (C=O) groups is 1. The van der Waals surface area contributed by atoms with Crippen LogP contribution in [0.5, 0.6) is 0 Å². The van der Waals surface area contributed by atoms with Crippen molar-refractivity contribution in [2.45, 2.75) is 24.2 Å². The Balaban J connectivity index is 1.98. The third-order valence-corrected chi connectivity index (χ3v) is 5.32. The largest absolute Gasteiger partial charge is 0.478 e. The van der Waals surface area contributed by atoms with Crippen LogP contribution in [-0.4, -0.2) is 49.8 Å². The molecule has 2 rings (SSSR count). The van der Waals surface area contributed by atoms with Gasteiger partial charge in [0.1, 0.15) is 0 Å². The number of benzene rings is 1. The first kappa shape index (κ1) is 15.0. The molecule has 5 nitrogen and oxygen atoms in total. The van der Waals surface area contributed by atoms with Crippen LogP contribution >= 0.6 is 0 Å². The molecule has 1 N–H and O–H groups in total. The quantitative estimate of drug-likeness (QED) is 0.864. The summed E-state index contributed by atoms with van der Waals surface area (Å²) < 4.78 is 24.3. The van der Waals surface area contributed by atoms with Crippen molar-refractivity contribution in [2.75, 3.05) is 25.4 Å². The van der Waals surface area contributed by atoms with Crippen LogP contribution in [0.4, 0.5) is 0 Å². The monoisotopic (exact) mass is 297 g/mol. The molecule has 20 heavy (non-hydrogen) atoms. The van der Waals surface area contributed by atoms with Crippen molar-refractivity contribution in [2.24, 2.45) is 0 Å². The summed E-state index contributed by atoms with van der Waals surface area (Å²) in [7, 11) is -3.40. The number of sulfone groups is 1. The van der Waals surface area contributed by atoms with E-state index in [2.05, 4.69) is 4.90 Å². The Morgan fingerprint density at radius 2 is 1.95 bits per heavy atom. The number of rotatable bonds is 6. The lowest BCUT2D eigenvalue weighted by atomic mass is 10.2. The molecule has 1 saturated heterocycles. The van der Waals surface area contributed by atoms with Crippen molar-refractivity contribution in [1.29, 1.82) is 0 Å². The zero-order chi connectivity index (χ0) is 14.6. The number of hydrogen-bond donors (Lipinski definition) is 1. The minimum atomic E-state index is -3.40. The molecule has 0 unspecified atom stereocenters. The third-order valence-electron chi connectivity index (χ3n) is 3.53. The number of carboxylic acid groups (broad SMARTS) is 1. The van der Waals surface area contributed by atoms with E-state index in [4.69, 9.17) is 5.11 Å². The first-order valence-electron chi connectivity index (χ1n) is 6.77. The zero-order valence-electron chi connectivity index (χ0n) is 11.3. The van der Waals surface area contributed by atoms with Crippen molar-refractivity contribution in [3.8, 4) is 0 Å². The maximum absolute atomic E-state index is 12.2. The van der Waals surface area contributed by atoms with E-state index < -0.39 is 15.8 Å². The molecule has 1 aromatic carbocycles. The van der Waals surface area contributed by atoms with Crippen LogP contribution in [0.15, 0.2) is 29.2 Å². The third kappa shape index (κ3) is 3.80. The minimum Gasteiger partial charge on any atom is -0.478 e. The first-order chi connectivity index (χ1) is 9.49. The summed E-state index contributed by atoms with van der Waals surface area (Å²) >= 11 is 0. The van der Waals surface area contributed by atoms with Gasteiger partial charge in [0.05, 0.1) is 16.2 Å². The van der Waals surface area contributed by atoms with Gasteiger partial charge in [0.15, 0.2) is 9.84 Å². The highest BCUT2D eigenvalue weighted by Gasteiger charge is 2.17. The van der Waals surface area contributed by atoms with Gasteiger partial charge in [0.2, 0.25) is 0 Å². The Kier molecular flexibility index (Phi) is 4.77. The van der Waals surface area contributed by atoms with E-state index in [1.54, 1.807) is 0 Å². The summed E-state index contributed by atoms with van der Waals surface area (Å²) in [4.78, 5) is 13.2. The van der Waals surface area contributed by atoms with Crippen molar-refractivity contribution in [3.63, 3.8) is 0 Å². The van der Waals surface area contributed by atoms with Crippen LogP contribution in [0, 0.1) is 0 Å². The maximum atomic E-state index is 12.2. The molecule has 1 aliphatic rings. The molecule has 0 atom stereocenters. The molecular weight excluding hydrogens is 278 g/mol. The normalized spacial score (nSPS) is 16.4. The van der Waals surface area contributed by atoms with Crippen LogP contribution in [0.25, 0.3) is 0 Å². The second kappa shape index (κ2) is 6.37. The van der Waals surface area contributed by atoms with Gasteiger partial charge in [0, 0.05) is 0 Å².